The number of methoxy groups -OCH3 is 1. The first-order chi connectivity index (χ1) is 17.1. The Morgan fingerprint density at radius 2 is 1.83 bits per heavy atom. The number of halogens is 2. The lowest BCUT2D eigenvalue weighted by molar-refractivity contribution is -0.146. The topological polar surface area (TPSA) is 93.5 Å². The average molecular weight is 535 g/mol. The number of nitrogens with one attached hydrogen (secondary N) is 1. The molecule has 0 spiro atoms. The number of esters is 1. The van der Waals surface area contributed by atoms with Crippen molar-refractivity contribution >= 4 is 41.0 Å². The number of ether oxygens (including phenoxy) is 1. The second kappa shape index (κ2) is 10.8. The van der Waals surface area contributed by atoms with Crippen molar-refractivity contribution in [2.24, 2.45) is 5.92 Å². The second-order valence-corrected chi connectivity index (χ2v) is 10.8. The molecule has 10 heteroatoms. The van der Waals surface area contributed by atoms with E-state index in [0.717, 1.165) is 0 Å². The van der Waals surface area contributed by atoms with Gasteiger partial charge in [-0.2, -0.15) is 0 Å². The number of nitrogens with zero attached hydrogens (tertiary/aromatic N) is 3. The van der Waals surface area contributed by atoms with E-state index >= 15 is 0 Å². The van der Waals surface area contributed by atoms with E-state index in [9.17, 15) is 14.4 Å². The minimum absolute atomic E-state index is 0.0522. The van der Waals surface area contributed by atoms with Crippen molar-refractivity contribution in [3.05, 3.63) is 55.4 Å². The molecule has 0 unspecified atom stereocenters. The highest BCUT2D eigenvalue weighted by Crippen LogP contribution is 2.34. The van der Waals surface area contributed by atoms with E-state index in [4.69, 9.17) is 32.9 Å². The van der Waals surface area contributed by atoms with Crippen LogP contribution >= 0.6 is 23.2 Å². The number of carbonyl (C=O) groups excluding carboxylic acids is 2. The standard InChI is InChI=1S/C26H32Cl2N4O4/c1-14(2)29-26-30-22-13-31(23(33)17-7-10-20(27)21(28)12-17)15(3)11-19(22)24(34)32(26)18-8-5-16(6-9-18)25(35)36-4/h7,10,12,14-16,18H,5-6,8-9,11,13H2,1-4H3,(H,29,30)/t15-,16-,18-/m1/s1. The zero-order valence-corrected chi connectivity index (χ0v) is 22.5. The fourth-order valence-corrected chi connectivity index (χ4v) is 5.47. The Hall–Kier alpha value is -2.58. The number of rotatable bonds is 5. The average Bonchev–Trinajstić information content (AvgIpc) is 2.85. The summed E-state index contributed by atoms with van der Waals surface area (Å²) in [5, 5.41) is 4.04. The number of amides is 1. The van der Waals surface area contributed by atoms with Gasteiger partial charge in [0.1, 0.15) is 0 Å². The summed E-state index contributed by atoms with van der Waals surface area (Å²) in [6.07, 6.45) is 3.15. The highest BCUT2D eigenvalue weighted by Gasteiger charge is 2.35. The van der Waals surface area contributed by atoms with E-state index < -0.39 is 0 Å². The number of anilines is 1. The normalized spacial score (nSPS) is 21.8. The minimum atomic E-state index is -0.193. The summed E-state index contributed by atoms with van der Waals surface area (Å²) >= 11 is 12.2. The molecule has 1 aliphatic carbocycles. The quantitative estimate of drug-likeness (QED) is 0.550. The van der Waals surface area contributed by atoms with E-state index in [0.29, 0.717) is 64.9 Å². The molecule has 1 aromatic carbocycles. The zero-order chi connectivity index (χ0) is 26.1. The maximum absolute atomic E-state index is 13.8. The van der Waals surface area contributed by atoms with Crippen LogP contribution in [0.15, 0.2) is 23.0 Å². The Balaban J connectivity index is 1.66. The van der Waals surface area contributed by atoms with Crippen molar-refractivity contribution in [3.8, 4) is 0 Å². The minimum Gasteiger partial charge on any atom is -0.469 e. The number of carbonyl (C=O) groups is 2. The van der Waals surface area contributed by atoms with Crippen molar-refractivity contribution in [1.29, 1.82) is 0 Å². The predicted octanol–water partition coefficient (Wildman–Crippen LogP) is 4.86. The van der Waals surface area contributed by atoms with Crippen LogP contribution in [0.5, 0.6) is 0 Å². The van der Waals surface area contributed by atoms with Crippen molar-refractivity contribution in [1.82, 2.24) is 14.5 Å². The molecule has 2 aliphatic rings. The Labute approximate surface area is 220 Å². The largest absolute Gasteiger partial charge is 0.469 e. The Morgan fingerprint density at radius 1 is 1.14 bits per heavy atom. The van der Waals surface area contributed by atoms with Crippen LogP contribution in [0.4, 0.5) is 5.95 Å². The summed E-state index contributed by atoms with van der Waals surface area (Å²) < 4.78 is 6.69. The smallest absolute Gasteiger partial charge is 0.308 e. The van der Waals surface area contributed by atoms with Crippen LogP contribution in [0, 0.1) is 5.92 Å². The number of benzene rings is 1. The van der Waals surface area contributed by atoms with Gasteiger partial charge in [-0.3, -0.25) is 19.0 Å². The van der Waals surface area contributed by atoms with E-state index in [1.165, 1.54) is 7.11 Å². The second-order valence-electron chi connectivity index (χ2n) is 9.98. The summed E-state index contributed by atoms with van der Waals surface area (Å²) in [7, 11) is 1.41. The van der Waals surface area contributed by atoms with Gasteiger partial charge in [-0.15, -0.1) is 0 Å². The molecule has 1 N–H and O–H groups in total. The van der Waals surface area contributed by atoms with E-state index in [-0.39, 0.29) is 48.0 Å². The maximum atomic E-state index is 13.8. The lowest BCUT2D eigenvalue weighted by atomic mass is 9.85. The van der Waals surface area contributed by atoms with Crippen LogP contribution in [0.25, 0.3) is 0 Å². The molecular weight excluding hydrogens is 503 g/mol. The first-order valence-electron chi connectivity index (χ1n) is 12.3. The van der Waals surface area contributed by atoms with Gasteiger partial charge in [-0.05, 0) is 71.1 Å². The van der Waals surface area contributed by atoms with Crippen LogP contribution in [0.1, 0.15) is 74.1 Å². The van der Waals surface area contributed by atoms with Gasteiger partial charge in [0, 0.05) is 29.3 Å². The first kappa shape index (κ1) is 26.5. The number of fused-ring (bicyclic) bond motifs is 1. The molecule has 1 aliphatic heterocycles. The summed E-state index contributed by atoms with van der Waals surface area (Å²) in [6, 6.07) is 4.64. The molecule has 0 radical (unpaired) electrons. The SMILES string of the molecule is COC(=O)[C@H]1CC[C@H](n2c(NC(C)C)nc3c(c2=O)C[C@@H](C)N(C(=O)c2ccc(Cl)c(Cl)c2)C3)CC1. The monoisotopic (exact) mass is 534 g/mol. The lowest BCUT2D eigenvalue weighted by Gasteiger charge is -2.36. The molecular formula is C26H32Cl2N4O4. The maximum Gasteiger partial charge on any atom is 0.308 e. The Kier molecular flexibility index (Phi) is 7.95. The molecule has 1 fully saturated rings. The van der Waals surface area contributed by atoms with Gasteiger partial charge in [0.25, 0.3) is 11.5 Å². The zero-order valence-electron chi connectivity index (χ0n) is 21.0. The first-order valence-corrected chi connectivity index (χ1v) is 13.1. The number of aromatic nitrogens is 2. The van der Waals surface area contributed by atoms with Gasteiger partial charge in [0.15, 0.2) is 0 Å². The number of hydrogen-bond donors (Lipinski definition) is 1. The summed E-state index contributed by atoms with van der Waals surface area (Å²) in [4.78, 5) is 45.7. The van der Waals surface area contributed by atoms with Gasteiger partial charge in [0.2, 0.25) is 5.95 Å². The molecule has 1 amide bonds. The third kappa shape index (κ3) is 5.25. The van der Waals surface area contributed by atoms with Crippen molar-refractivity contribution < 1.29 is 14.3 Å². The van der Waals surface area contributed by atoms with E-state index in [1.807, 2.05) is 20.8 Å². The summed E-state index contributed by atoms with van der Waals surface area (Å²) in [5.41, 5.74) is 1.62. The Bertz CT molecular complexity index is 1220. The van der Waals surface area contributed by atoms with Gasteiger partial charge in [-0.25, -0.2) is 4.98 Å². The van der Waals surface area contributed by atoms with Crippen LogP contribution in [0.3, 0.4) is 0 Å². The summed E-state index contributed by atoms with van der Waals surface area (Å²) in [6.45, 7) is 6.15. The van der Waals surface area contributed by atoms with Gasteiger partial charge >= 0.3 is 5.97 Å². The van der Waals surface area contributed by atoms with Crippen LogP contribution in [-0.4, -0.2) is 45.5 Å². The molecule has 2 aromatic rings. The molecule has 0 bridgehead atoms. The fourth-order valence-electron chi connectivity index (χ4n) is 5.18. The highest BCUT2D eigenvalue weighted by atomic mass is 35.5. The molecule has 194 valence electrons. The van der Waals surface area contributed by atoms with Crippen molar-refractivity contribution in [3.63, 3.8) is 0 Å². The summed E-state index contributed by atoms with van der Waals surface area (Å²) in [5.74, 6) is 0.00409. The molecule has 2 heterocycles. The van der Waals surface area contributed by atoms with Gasteiger partial charge in [-0.1, -0.05) is 23.2 Å². The van der Waals surface area contributed by atoms with Gasteiger partial charge in [0.05, 0.1) is 35.3 Å². The molecule has 4 rings (SSSR count). The van der Waals surface area contributed by atoms with Crippen molar-refractivity contribution in [2.75, 3.05) is 12.4 Å². The lowest BCUT2D eigenvalue weighted by Crippen LogP contribution is -2.46. The highest BCUT2D eigenvalue weighted by molar-refractivity contribution is 6.42. The van der Waals surface area contributed by atoms with Crippen LogP contribution in [0.2, 0.25) is 10.0 Å². The molecule has 1 aromatic heterocycles. The predicted molar refractivity (Wildman–Crippen MR) is 140 cm³/mol. The third-order valence-electron chi connectivity index (χ3n) is 7.09. The molecule has 1 saturated carbocycles. The van der Waals surface area contributed by atoms with Gasteiger partial charge < -0.3 is 15.0 Å². The molecule has 1 atom stereocenters. The number of hydrogen-bond acceptors (Lipinski definition) is 6. The van der Waals surface area contributed by atoms with E-state index in [2.05, 4.69) is 5.32 Å². The third-order valence-corrected chi connectivity index (χ3v) is 7.83. The van der Waals surface area contributed by atoms with E-state index in [1.54, 1.807) is 27.7 Å². The fraction of sp³-hybridized carbons (Fsp3) is 0.538. The molecule has 8 nitrogen and oxygen atoms in total. The van der Waals surface area contributed by atoms with Crippen LogP contribution in [-0.2, 0) is 22.5 Å². The molecule has 0 saturated heterocycles. The Morgan fingerprint density at radius 3 is 2.44 bits per heavy atom. The molecule has 36 heavy (non-hydrogen) atoms. The van der Waals surface area contributed by atoms with Crippen molar-refractivity contribution in [2.45, 2.75) is 77.5 Å². The van der Waals surface area contributed by atoms with Crippen LogP contribution < -0.4 is 10.9 Å².